The lowest BCUT2D eigenvalue weighted by atomic mass is 10.00. The number of benzene rings is 1. The van der Waals surface area contributed by atoms with Crippen LogP contribution in [-0.4, -0.2) is 30.0 Å². The zero-order valence-electron chi connectivity index (χ0n) is 16.5. The van der Waals surface area contributed by atoms with Crippen LogP contribution >= 0.6 is 35.6 Å². The third-order valence-electron chi connectivity index (χ3n) is 3.46. The molecule has 6 nitrogen and oxygen atoms in total. The van der Waals surface area contributed by atoms with Crippen LogP contribution in [0.25, 0.3) is 11.3 Å². The predicted octanol–water partition coefficient (Wildman–Crippen LogP) is 6.10. The maximum absolute atomic E-state index is 11.7. The molecular formula is C19H25Cl3N2O4. The molecule has 1 heterocycles. The molecule has 2 rings (SSSR count). The van der Waals surface area contributed by atoms with Crippen molar-refractivity contribution in [2.75, 3.05) is 13.2 Å². The number of ether oxygens (including phenoxy) is 2. The first-order valence-corrected chi connectivity index (χ1v) is 9.38. The summed E-state index contributed by atoms with van der Waals surface area (Å²) >= 11 is 12.3. The van der Waals surface area contributed by atoms with E-state index in [-0.39, 0.29) is 31.5 Å². The van der Waals surface area contributed by atoms with Gasteiger partial charge in [-0.05, 0) is 50.0 Å². The molecule has 1 amide bonds. The molecule has 0 fully saturated rings. The number of carbonyl (C=O) groups is 1. The maximum Gasteiger partial charge on any atom is 0.407 e. The first kappa shape index (κ1) is 24.4. The fraction of sp³-hybridized carbons (Fsp3) is 0.474. The standard InChI is InChI=1S/C19H24Cl2N2O4.ClH/c1-11(2)15-16(13-7-6-12(20)10-14(13)21)27-23-17(15)25-9-8-22-18(24)26-19(3,4)5;/h6-7,10-11H,8-9H2,1-5H3,(H,22,24);1H. The molecule has 2 aromatic rings. The Labute approximate surface area is 181 Å². The Hall–Kier alpha value is -1.63. The van der Waals surface area contributed by atoms with Crippen molar-refractivity contribution >= 4 is 41.7 Å². The third-order valence-corrected chi connectivity index (χ3v) is 4.00. The summed E-state index contributed by atoms with van der Waals surface area (Å²) in [4.78, 5) is 11.7. The van der Waals surface area contributed by atoms with Crippen LogP contribution in [0, 0.1) is 0 Å². The summed E-state index contributed by atoms with van der Waals surface area (Å²) in [6.45, 7) is 9.91. The summed E-state index contributed by atoms with van der Waals surface area (Å²) < 4.78 is 16.4. The smallest absolute Gasteiger partial charge is 0.407 e. The van der Waals surface area contributed by atoms with Crippen LogP contribution in [0.15, 0.2) is 22.7 Å². The largest absolute Gasteiger partial charge is 0.473 e. The van der Waals surface area contributed by atoms with Gasteiger partial charge in [0.25, 0.3) is 5.88 Å². The summed E-state index contributed by atoms with van der Waals surface area (Å²) in [6.07, 6.45) is -0.496. The zero-order chi connectivity index (χ0) is 20.2. The number of aromatic nitrogens is 1. The Kier molecular flexibility index (Phi) is 8.92. The molecule has 0 bridgehead atoms. The summed E-state index contributed by atoms with van der Waals surface area (Å²) in [5.41, 5.74) is 0.949. The molecule has 0 spiro atoms. The van der Waals surface area contributed by atoms with Crippen molar-refractivity contribution < 1.29 is 18.8 Å². The minimum atomic E-state index is -0.547. The Balaban J connectivity index is 0.00000392. The van der Waals surface area contributed by atoms with E-state index < -0.39 is 11.7 Å². The predicted molar refractivity (Wildman–Crippen MR) is 113 cm³/mol. The SMILES string of the molecule is CC(C)c1c(OCCNC(=O)OC(C)(C)C)noc1-c1ccc(Cl)cc1Cl.Cl. The average molecular weight is 452 g/mol. The Bertz CT molecular complexity index is 801. The normalized spacial score (nSPS) is 11.1. The van der Waals surface area contributed by atoms with E-state index in [1.807, 2.05) is 13.8 Å². The number of amides is 1. The summed E-state index contributed by atoms with van der Waals surface area (Å²) in [7, 11) is 0. The number of rotatable bonds is 6. The van der Waals surface area contributed by atoms with Crippen LogP contribution in [-0.2, 0) is 4.74 Å². The third kappa shape index (κ3) is 6.76. The number of hydrogen-bond donors (Lipinski definition) is 1. The van der Waals surface area contributed by atoms with Gasteiger partial charge in [-0.1, -0.05) is 37.0 Å². The van der Waals surface area contributed by atoms with Gasteiger partial charge in [-0.15, -0.1) is 12.4 Å². The quantitative estimate of drug-likeness (QED) is 0.537. The molecule has 28 heavy (non-hydrogen) atoms. The number of halogens is 3. The minimum absolute atomic E-state index is 0. The van der Waals surface area contributed by atoms with Crippen molar-refractivity contribution in [1.29, 1.82) is 0 Å². The van der Waals surface area contributed by atoms with Crippen molar-refractivity contribution in [3.05, 3.63) is 33.8 Å². The van der Waals surface area contributed by atoms with Gasteiger partial charge < -0.3 is 19.3 Å². The van der Waals surface area contributed by atoms with E-state index in [2.05, 4.69) is 10.5 Å². The van der Waals surface area contributed by atoms with E-state index in [1.54, 1.807) is 39.0 Å². The number of nitrogens with one attached hydrogen (secondary N) is 1. The van der Waals surface area contributed by atoms with Crippen LogP contribution in [0.3, 0.4) is 0 Å². The van der Waals surface area contributed by atoms with Gasteiger partial charge in [0, 0.05) is 10.6 Å². The van der Waals surface area contributed by atoms with Crippen LogP contribution in [0.4, 0.5) is 4.79 Å². The Morgan fingerprint density at radius 3 is 2.54 bits per heavy atom. The first-order chi connectivity index (χ1) is 12.6. The monoisotopic (exact) mass is 450 g/mol. The molecule has 0 saturated carbocycles. The lowest BCUT2D eigenvalue weighted by Gasteiger charge is -2.19. The molecule has 0 radical (unpaired) electrons. The highest BCUT2D eigenvalue weighted by Gasteiger charge is 2.23. The second-order valence-electron chi connectivity index (χ2n) is 7.29. The second kappa shape index (κ2) is 10.2. The van der Waals surface area contributed by atoms with Crippen molar-refractivity contribution in [1.82, 2.24) is 10.5 Å². The molecule has 0 aliphatic rings. The zero-order valence-corrected chi connectivity index (χ0v) is 18.8. The second-order valence-corrected chi connectivity index (χ2v) is 8.13. The average Bonchev–Trinajstić information content (AvgIpc) is 2.93. The fourth-order valence-corrected chi connectivity index (χ4v) is 2.87. The molecule has 1 aromatic carbocycles. The van der Waals surface area contributed by atoms with Gasteiger partial charge in [-0.25, -0.2) is 4.79 Å². The number of hydrogen-bond acceptors (Lipinski definition) is 5. The fourth-order valence-electron chi connectivity index (χ4n) is 2.38. The topological polar surface area (TPSA) is 73.6 Å². The highest BCUT2D eigenvalue weighted by Crippen LogP contribution is 2.39. The Morgan fingerprint density at radius 2 is 1.96 bits per heavy atom. The van der Waals surface area contributed by atoms with Crippen LogP contribution in [0.1, 0.15) is 46.1 Å². The van der Waals surface area contributed by atoms with Crippen LogP contribution in [0.2, 0.25) is 10.0 Å². The van der Waals surface area contributed by atoms with Gasteiger partial charge >= 0.3 is 6.09 Å². The van der Waals surface area contributed by atoms with Crippen molar-refractivity contribution in [3.63, 3.8) is 0 Å². The highest BCUT2D eigenvalue weighted by molar-refractivity contribution is 6.36. The number of nitrogens with zero attached hydrogens (tertiary/aromatic N) is 1. The molecule has 9 heteroatoms. The molecule has 156 valence electrons. The Morgan fingerprint density at radius 1 is 1.29 bits per heavy atom. The van der Waals surface area contributed by atoms with Crippen molar-refractivity contribution in [2.24, 2.45) is 0 Å². The van der Waals surface area contributed by atoms with Gasteiger partial charge in [0.1, 0.15) is 12.2 Å². The number of alkyl carbamates (subject to hydrolysis) is 1. The lowest BCUT2D eigenvalue weighted by Crippen LogP contribution is -2.34. The lowest BCUT2D eigenvalue weighted by molar-refractivity contribution is 0.0519. The maximum atomic E-state index is 11.7. The van der Waals surface area contributed by atoms with E-state index >= 15 is 0 Å². The van der Waals surface area contributed by atoms with Gasteiger partial charge in [0.2, 0.25) is 0 Å². The summed E-state index contributed by atoms with van der Waals surface area (Å²) in [5, 5.41) is 7.66. The van der Waals surface area contributed by atoms with Crippen molar-refractivity contribution in [2.45, 2.75) is 46.1 Å². The molecular weight excluding hydrogens is 427 g/mol. The van der Waals surface area contributed by atoms with E-state index in [0.717, 1.165) is 5.56 Å². The van der Waals surface area contributed by atoms with Crippen LogP contribution < -0.4 is 10.1 Å². The molecule has 1 aromatic heterocycles. The molecule has 1 N–H and O–H groups in total. The van der Waals surface area contributed by atoms with Crippen LogP contribution in [0.5, 0.6) is 5.88 Å². The van der Waals surface area contributed by atoms with Gasteiger partial charge in [-0.3, -0.25) is 0 Å². The first-order valence-electron chi connectivity index (χ1n) is 8.63. The minimum Gasteiger partial charge on any atom is -0.473 e. The van der Waals surface area contributed by atoms with E-state index in [0.29, 0.717) is 27.2 Å². The summed E-state index contributed by atoms with van der Waals surface area (Å²) in [5.74, 6) is 1.01. The van der Waals surface area contributed by atoms with E-state index in [4.69, 9.17) is 37.2 Å². The number of carbonyl (C=O) groups excluding carboxylic acids is 1. The molecule has 0 aliphatic heterocycles. The molecule has 0 saturated heterocycles. The molecule has 0 atom stereocenters. The van der Waals surface area contributed by atoms with E-state index in [9.17, 15) is 4.79 Å². The molecule has 0 unspecified atom stereocenters. The van der Waals surface area contributed by atoms with Gasteiger partial charge in [0.05, 0.1) is 17.1 Å². The summed E-state index contributed by atoms with van der Waals surface area (Å²) in [6, 6.07) is 5.17. The van der Waals surface area contributed by atoms with Gasteiger partial charge in [0.15, 0.2) is 5.76 Å². The molecule has 0 aliphatic carbocycles. The van der Waals surface area contributed by atoms with Crippen molar-refractivity contribution in [3.8, 4) is 17.2 Å². The van der Waals surface area contributed by atoms with E-state index in [1.165, 1.54) is 0 Å². The highest BCUT2D eigenvalue weighted by atomic mass is 35.5. The van der Waals surface area contributed by atoms with Gasteiger partial charge in [-0.2, -0.15) is 0 Å².